The van der Waals surface area contributed by atoms with Crippen LogP contribution in [0.25, 0.3) is 0 Å². The van der Waals surface area contributed by atoms with E-state index in [1.165, 1.54) is 32.1 Å². The van der Waals surface area contributed by atoms with Gasteiger partial charge in [-0.05, 0) is 13.0 Å². The molecule has 0 spiro atoms. The third-order valence-electron chi connectivity index (χ3n) is 3.40. The first-order valence-corrected chi connectivity index (χ1v) is 6.46. The summed E-state index contributed by atoms with van der Waals surface area (Å²) in [6.07, 6.45) is 10.8. The maximum atomic E-state index is 5.74. The molecule has 2 rings (SSSR count). The predicted molar refractivity (Wildman–Crippen MR) is 64.4 cm³/mol. The highest BCUT2D eigenvalue weighted by Crippen LogP contribution is 2.26. The number of hydrogen-bond acceptors (Lipinski definition) is 3. The van der Waals surface area contributed by atoms with Crippen molar-refractivity contribution in [3.63, 3.8) is 0 Å². The second-order valence-electron chi connectivity index (χ2n) is 4.78. The number of nitrogens with zero attached hydrogens (tertiary/aromatic N) is 1. The van der Waals surface area contributed by atoms with Crippen LogP contribution in [0, 0.1) is 5.92 Å². The van der Waals surface area contributed by atoms with Crippen LogP contribution in [0.4, 0.5) is 0 Å². The van der Waals surface area contributed by atoms with Crippen molar-refractivity contribution in [3.05, 3.63) is 17.8 Å². The van der Waals surface area contributed by atoms with E-state index in [0.29, 0.717) is 0 Å². The number of rotatable bonds is 5. The van der Waals surface area contributed by atoms with Gasteiger partial charge in [-0.25, -0.2) is 4.98 Å². The van der Waals surface area contributed by atoms with Crippen molar-refractivity contribution in [2.24, 2.45) is 5.92 Å². The Bertz CT molecular complexity index is 303. The Balaban J connectivity index is 1.81. The highest BCUT2D eigenvalue weighted by molar-refractivity contribution is 4.96. The highest BCUT2D eigenvalue weighted by atomic mass is 16.4. The second-order valence-corrected chi connectivity index (χ2v) is 4.78. The smallest absolute Gasteiger partial charge is 0.195 e. The fourth-order valence-electron chi connectivity index (χ4n) is 2.47. The van der Waals surface area contributed by atoms with E-state index in [0.717, 1.165) is 37.0 Å². The zero-order valence-corrected chi connectivity index (χ0v) is 10.2. The molecule has 1 aliphatic carbocycles. The van der Waals surface area contributed by atoms with Crippen LogP contribution in [0.5, 0.6) is 0 Å². The third-order valence-corrected chi connectivity index (χ3v) is 3.40. The summed E-state index contributed by atoms with van der Waals surface area (Å²) in [6.45, 7) is 0.934. The number of aromatic nitrogens is 1. The lowest BCUT2D eigenvalue weighted by Crippen LogP contribution is -2.10. The van der Waals surface area contributed by atoms with Crippen molar-refractivity contribution < 1.29 is 4.42 Å². The van der Waals surface area contributed by atoms with Crippen molar-refractivity contribution in [2.45, 2.75) is 44.9 Å². The molecule has 1 saturated carbocycles. The Morgan fingerprint density at radius 3 is 2.94 bits per heavy atom. The van der Waals surface area contributed by atoms with E-state index in [2.05, 4.69) is 10.3 Å². The van der Waals surface area contributed by atoms with Crippen LogP contribution in [-0.4, -0.2) is 18.6 Å². The standard InChI is InChI=1S/C13H22N2O/c1-14-8-7-13-15-10-12(16-13)9-11-5-3-2-4-6-11/h10-11,14H,2-9H2,1H3. The molecule has 0 radical (unpaired) electrons. The van der Waals surface area contributed by atoms with E-state index in [1.807, 2.05) is 13.2 Å². The van der Waals surface area contributed by atoms with Gasteiger partial charge < -0.3 is 9.73 Å². The fraction of sp³-hybridized carbons (Fsp3) is 0.769. The minimum atomic E-state index is 0.832. The molecular weight excluding hydrogens is 200 g/mol. The zero-order valence-electron chi connectivity index (χ0n) is 10.2. The van der Waals surface area contributed by atoms with Gasteiger partial charge in [-0.15, -0.1) is 0 Å². The molecule has 0 amide bonds. The topological polar surface area (TPSA) is 38.1 Å². The van der Waals surface area contributed by atoms with Gasteiger partial charge in [0.05, 0.1) is 6.20 Å². The largest absolute Gasteiger partial charge is 0.446 e. The van der Waals surface area contributed by atoms with E-state index in [4.69, 9.17) is 4.42 Å². The molecule has 16 heavy (non-hydrogen) atoms. The van der Waals surface area contributed by atoms with E-state index < -0.39 is 0 Å². The molecule has 3 nitrogen and oxygen atoms in total. The van der Waals surface area contributed by atoms with E-state index >= 15 is 0 Å². The molecule has 90 valence electrons. The Labute approximate surface area is 97.6 Å². The summed E-state index contributed by atoms with van der Waals surface area (Å²) < 4.78 is 5.74. The van der Waals surface area contributed by atoms with Gasteiger partial charge in [-0.3, -0.25) is 0 Å². The van der Waals surface area contributed by atoms with Crippen LogP contribution in [0.15, 0.2) is 10.6 Å². The summed E-state index contributed by atoms with van der Waals surface area (Å²) >= 11 is 0. The molecule has 0 unspecified atom stereocenters. The molecular formula is C13H22N2O. The molecule has 1 aromatic rings. The van der Waals surface area contributed by atoms with Gasteiger partial charge >= 0.3 is 0 Å². The summed E-state index contributed by atoms with van der Waals surface area (Å²) in [6, 6.07) is 0. The minimum Gasteiger partial charge on any atom is -0.446 e. The minimum absolute atomic E-state index is 0.832. The second kappa shape index (κ2) is 6.04. The van der Waals surface area contributed by atoms with Crippen molar-refractivity contribution >= 4 is 0 Å². The average Bonchev–Trinajstić information content (AvgIpc) is 2.75. The van der Waals surface area contributed by atoms with Crippen molar-refractivity contribution in [1.29, 1.82) is 0 Å². The predicted octanol–water partition coefficient (Wildman–Crippen LogP) is 2.56. The van der Waals surface area contributed by atoms with Crippen LogP contribution >= 0.6 is 0 Å². The van der Waals surface area contributed by atoms with Gasteiger partial charge in [0.1, 0.15) is 5.76 Å². The monoisotopic (exact) mass is 222 g/mol. The first kappa shape index (κ1) is 11.6. The van der Waals surface area contributed by atoms with Crippen LogP contribution in [-0.2, 0) is 12.8 Å². The molecule has 1 fully saturated rings. The Morgan fingerprint density at radius 2 is 2.19 bits per heavy atom. The van der Waals surface area contributed by atoms with E-state index in [1.54, 1.807) is 0 Å². The lowest BCUT2D eigenvalue weighted by molar-refractivity contribution is 0.328. The molecule has 0 atom stereocenters. The van der Waals surface area contributed by atoms with Crippen LogP contribution in [0.2, 0.25) is 0 Å². The van der Waals surface area contributed by atoms with Gasteiger partial charge in [0.25, 0.3) is 0 Å². The van der Waals surface area contributed by atoms with Gasteiger partial charge in [0.15, 0.2) is 5.89 Å². The number of hydrogen-bond donors (Lipinski definition) is 1. The van der Waals surface area contributed by atoms with Crippen LogP contribution in [0.3, 0.4) is 0 Å². The summed E-state index contributed by atoms with van der Waals surface area (Å²) in [7, 11) is 1.95. The Morgan fingerprint density at radius 1 is 1.38 bits per heavy atom. The first-order valence-electron chi connectivity index (χ1n) is 6.46. The number of oxazole rings is 1. The molecule has 0 saturated heterocycles. The Kier molecular flexibility index (Phi) is 4.40. The molecule has 0 bridgehead atoms. The maximum Gasteiger partial charge on any atom is 0.195 e. The maximum absolute atomic E-state index is 5.74. The summed E-state index contributed by atoms with van der Waals surface area (Å²) in [5, 5.41) is 3.11. The quantitative estimate of drug-likeness (QED) is 0.832. The number of likely N-dealkylation sites (N-methyl/N-ethyl adjacent to an activating group) is 1. The molecule has 0 aliphatic heterocycles. The van der Waals surface area contributed by atoms with Crippen molar-refractivity contribution in [2.75, 3.05) is 13.6 Å². The van der Waals surface area contributed by atoms with Gasteiger partial charge in [-0.2, -0.15) is 0 Å². The van der Waals surface area contributed by atoms with E-state index in [-0.39, 0.29) is 0 Å². The Hall–Kier alpha value is -0.830. The molecule has 1 heterocycles. The van der Waals surface area contributed by atoms with Gasteiger partial charge in [-0.1, -0.05) is 32.1 Å². The third kappa shape index (κ3) is 3.34. The molecule has 0 aromatic carbocycles. The van der Waals surface area contributed by atoms with Crippen LogP contribution < -0.4 is 5.32 Å². The fourth-order valence-corrected chi connectivity index (χ4v) is 2.47. The SMILES string of the molecule is CNCCc1ncc(CC2CCCCC2)o1. The summed E-state index contributed by atoms with van der Waals surface area (Å²) in [4.78, 5) is 4.31. The molecule has 1 aromatic heterocycles. The van der Waals surface area contributed by atoms with E-state index in [9.17, 15) is 0 Å². The lowest BCUT2D eigenvalue weighted by Gasteiger charge is -2.19. The average molecular weight is 222 g/mol. The van der Waals surface area contributed by atoms with Gasteiger partial charge in [0.2, 0.25) is 0 Å². The first-order chi connectivity index (χ1) is 7.88. The van der Waals surface area contributed by atoms with Crippen LogP contribution in [0.1, 0.15) is 43.8 Å². The van der Waals surface area contributed by atoms with Crippen molar-refractivity contribution in [1.82, 2.24) is 10.3 Å². The van der Waals surface area contributed by atoms with Crippen molar-refractivity contribution in [3.8, 4) is 0 Å². The summed E-state index contributed by atoms with van der Waals surface area (Å²) in [5.41, 5.74) is 0. The zero-order chi connectivity index (χ0) is 11.2. The summed E-state index contributed by atoms with van der Waals surface area (Å²) in [5.74, 6) is 2.79. The molecule has 3 heteroatoms. The number of nitrogens with one attached hydrogen (secondary N) is 1. The lowest BCUT2D eigenvalue weighted by atomic mass is 9.86. The molecule has 1 aliphatic rings. The molecule has 1 N–H and O–H groups in total. The van der Waals surface area contributed by atoms with Gasteiger partial charge in [0, 0.05) is 19.4 Å². The normalized spacial score (nSPS) is 17.8. The highest BCUT2D eigenvalue weighted by Gasteiger charge is 2.16.